The molecule has 0 unspecified atom stereocenters. The van der Waals surface area contributed by atoms with E-state index in [0.29, 0.717) is 10.9 Å². The van der Waals surface area contributed by atoms with Crippen molar-refractivity contribution in [3.8, 4) is 10.6 Å². The number of hydrogen-bond acceptors (Lipinski definition) is 4. The molecule has 0 saturated carbocycles. The molecule has 3 rings (SSSR count). The van der Waals surface area contributed by atoms with Gasteiger partial charge in [-0.05, 0) is 35.3 Å². The number of carbonyl (C=O) groups excluding carboxylic acids is 1. The van der Waals surface area contributed by atoms with E-state index in [-0.39, 0.29) is 6.61 Å². The Morgan fingerprint density at radius 3 is 2.70 bits per heavy atom. The number of ether oxygens (including phenoxy) is 1. The number of esters is 1. The van der Waals surface area contributed by atoms with Crippen LogP contribution >= 0.6 is 22.9 Å². The van der Waals surface area contributed by atoms with Crippen LogP contribution in [0.25, 0.3) is 16.6 Å². The first-order valence-electron chi connectivity index (χ1n) is 8.66. The zero-order valence-corrected chi connectivity index (χ0v) is 16.8. The molecule has 0 aliphatic rings. The molecule has 0 radical (unpaired) electrons. The fraction of sp³-hybridized carbons (Fsp3) is 0.182. The number of nitrogens with zero attached hydrogens (tertiary/aromatic N) is 1. The normalized spacial score (nSPS) is 11.3. The van der Waals surface area contributed by atoms with Gasteiger partial charge in [0.2, 0.25) is 0 Å². The number of aromatic nitrogens is 1. The first-order valence-corrected chi connectivity index (χ1v) is 9.92. The van der Waals surface area contributed by atoms with E-state index in [0.717, 1.165) is 21.8 Å². The number of benzene rings is 2. The lowest BCUT2D eigenvalue weighted by atomic mass is 10.0. The first-order chi connectivity index (χ1) is 13.0. The lowest BCUT2D eigenvalue weighted by Crippen LogP contribution is -2.00. The lowest BCUT2D eigenvalue weighted by molar-refractivity contribution is -0.139. The molecule has 0 spiro atoms. The van der Waals surface area contributed by atoms with Gasteiger partial charge in [0.25, 0.3) is 0 Å². The van der Waals surface area contributed by atoms with Crippen molar-refractivity contribution in [2.75, 3.05) is 0 Å². The maximum Gasteiger partial charge on any atom is 0.331 e. The van der Waals surface area contributed by atoms with Gasteiger partial charge in [-0.25, -0.2) is 9.78 Å². The van der Waals surface area contributed by atoms with Gasteiger partial charge in [0.1, 0.15) is 11.6 Å². The molecule has 138 valence electrons. The minimum atomic E-state index is -0.411. The zero-order chi connectivity index (χ0) is 19.2. The van der Waals surface area contributed by atoms with Crippen molar-refractivity contribution in [3.63, 3.8) is 0 Å². The van der Waals surface area contributed by atoms with Gasteiger partial charge in [0, 0.05) is 22.0 Å². The second-order valence-electron chi connectivity index (χ2n) is 6.42. The Labute approximate surface area is 168 Å². The number of rotatable bonds is 6. The molecule has 1 heterocycles. The van der Waals surface area contributed by atoms with Gasteiger partial charge in [0.05, 0.1) is 5.69 Å². The summed E-state index contributed by atoms with van der Waals surface area (Å²) in [5.41, 5.74) is 3.96. The highest BCUT2D eigenvalue weighted by molar-refractivity contribution is 7.13. The van der Waals surface area contributed by atoms with Crippen LogP contribution in [0.15, 0.2) is 60.0 Å². The van der Waals surface area contributed by atoms with E-state index in [9.17, 15) is 4.79 Å². The van der Waals surface area contributed by atoms with Crippen LogP contribution in [-0.2, 0) is 16.1 Å². The van der Waals surface area contributed by atoms with E-state index >= 15 is 0 Å². The lowest BCUT2D eigenvalue weighted by Gasteiger charge is -2.05. The molecule has 0 amide bonds. The van der Waals surface area contributed by atoms with Gasteiger partial charge in [-0.1, -0.05) is 61.8 Å². The molecular weight excluding hydrogens is 378 g/mol. The number of thiazole rings is 1. The summed E-state index contributed by atoms with van der Waals surface area (Å²) in [7, 11) is 0. The topological polar surface area (TPSA) is 39.2 Å². The van der Waals surface area contributed by atoms with Gasteiger partial charge in [-0.15, -0.1) is 11.3 Å². The smallest absolute Gasteiger partial charge is 0.331 e. The fourth-order valence-electron chi connectivity index (χ4n) is 2.48. The van der Waals surface area contributed by atoms with Crippen LogP contribution in [0.5, 0.6) is 0 Å². The molecule has 27 heavy (non-hydrogen) atoms. The fourth-order valence-corrected chi connectivity index (χ4v) is 3.49. The molecule has 2 aromatic carbocycles. The van der Waals surface area contributed by atoms with Gasteiger partial charge < -0.3 is 4.74 Å². The van der Waals surface area contributed by atoms with E-state index in [2.05, 4.69) is 43.1 Å². The van der Waals surface area contributed by atoms with E-state index in [1.54, 1.807) is 29.5 Å². The summed E-state index contributed by atoms with van der Waals surface area (Å²) in [6.45, 7) is 4.50. The van der Waals surface area contributed by atoms with Crippen LogP contribution in [0, 0.1) is 0 Å². The summed E-state index contributed by atoms with van der Waals surface area (Å²) in [5, 5.41) is 3.47. The molecule has 0 aliphatic carbocycles. The molecule has 1 aromatic heterocycles. The predicted molar refractivity (Wildman–Crippen MR) is 112 cm³/mol. The summed E-state index contributed by atoms with van der Waals surface area (Å²) in [5.74, 6) is 0.0936. The van der Waals surface area contributed by atoms with Crippen molar-refractivity contribution in [1.29, 1.82) is 0 Å². The highest BCUT2D eigenvalue weighted by Gasteiger charge is 2.07. The van der Waals surface area contributed by atoms with Crippen molar-refractivity contribution in [2.45, 2.75) is 26.4 Å². The molecular formula is C22H20ClNO2S. The quantitative estimate of drug-likeness (QED) is 0.359. The molecule has 3 aromatic rings. The summed E-state index contributed by atoms with van der Waals surface area (Å²) in [6.07, 6.45) is 3.07. The second kappa shape index (κ2) is 8.98. The Morgan fingerprint density at radius 2 is 2.00 bits per heavy atom. The zero-order valence-electron chi connectivity index (χ0n) is 15.2. The van der Waals surface area contributed by atoms with Crippen LogP contribution in [-0.4, -0.2) is 11.0 Å². The van der Waals surface area contributed by atoms with Gasteiger partial charge in [0.15, 0.2) is 0 Å². The maximum absolute atomic E-state index is 11.9. The predicted octanol–water partition coefficient (Wildman–Crippen LogP) is 6.34. The Balaban J connectivity index is 1.57. The molecule has 0 saturated heterocycles. The minimum absolute atomic E-state index is 0.152. The number of carbonyl (C=O) groups is 1. The maximum atomic E-state index is 11.9. The van der Waals surface area contributed by atoms with Gasteiger partial charge >= 0.3 is 5.97 Å². The average molecular weight is 398 g/mol. The van der Waals surface area contributed by atoms with Gasteiger partial charge in [-0.3, -0.25) is 0 Å². The van der Waals surface area contributed by atoms with E-state index < -0.39 is 5.97 Å². The largest absolute Gasteiger partial charge is 0.456 e. The van der Waals surface area contributed by atoms with Crippen LogP contribution in [0.4, 0.5) is 0 Å². The molecule has 0 N–H and O–H groups in total. The average Bonchev–Trinajstić information content (AvgIpc) is 3.14. The molecule has 0 aliphatic heterocycles. The Morgan fingerprint density at radius 1 is 1.22 bits per heavy atom. The highest BCUT2D eigenvalue weighted by Crippen LogP contribution is 2.26. The van der Waals surface area contributed by atoms with E-state index in [1.165, 1.54) is 11.6 Å². The van der Waals surface area contributed by atoms with Crippen molar-refractivity contribution >= 4 is 35.0 Å². The van der Waals surface area contributed by atoms with E-state index in [1.807, 2.05) is 17.5 Å². The third kappa shape index (κ3) is 5.52. The number of hydrogen-bond donors (Lipinski definition) is 0. The van der Waals surface area contributed by atoms with Crippen LogP contribution < -0.4 is 0 Å². The van der Waals surface area contributed by atoms with Crippen molar-refractivity contribution < 1.29 is 9.53 Å². The monoisotopic (exact) mass is 397 g/mol. The molecule has 0 fully saturated rings. The Kier molecular flexibility index (Phi) is 6.43. The van der Waals surface area contributed by atoms with Crippen molar-refractivity contribution in [3.05, 3.63) is 81.8 Å². The molecule has 3 nitrogen and oxygen atoms in total. The SMILES string of the molecule is CC(C)c1ccc(-c2nc(COC(=O)/C=C/c3cccc(Cl)c3)cs2)cc1. The molecule has 0 atom stereocenters. The standard InChI is InChI=1S/C22H20ClNO2S/c1-15(2)17-7-9-18(10-8-17)22-24-20(14-27-22)13-26-21(25)11-6-16-4-3-5-19(23)12-16/h3-12,14-15H,13H2,1-2H3/b11-6+. The molecule has 0 bridgehead atoms. The number of halogens is 1. The minimum Gasteiger partial charge on any atom is -0.456 e. The third-order valence-electron chi connectivity index (χ3n) is 4.00. The summed E-state index contributed by atoms with van der Waals surface area (Å²) >= 11 is 7.47. The summed E-state index contributed by atoms with van der Waals surface area (Å²) in [6, 6.07) is 15.7. The Bertz CT molecular complexity index is 945. The summed E-state index contributed by atoms with van der Waals surface area (Å²) < 4.78 is 5.27. The third-order valence-corrected chi connectivity index (χ3v) is 5.17. The van der Waals surface area contributed by atoms with Crippen LogP contribution in [0.2, 0.25) is 5.02 Å². The second-order valence-corrected chi connectivity index (χ2v) is 7.71. The van der Waals surface area contributed by atoms with Crippen molar-refractivity contribution in [2.24, 2.45) is 0 Å². The van der Waals surface area contributed by atoms with E-state index in [4.69, 9.17) is 16.3 Å². The van der Waals surface area contributed by atoms with Gasteiger partial charge in [-0.2, -0.15) is 0 Å². The Hall–Kier alpha value is -2.43. The summed E-state index contributed by atoms with van der Waals surface area (Å²) in [4.78, 5) is 16.4. The molecule has 5 heteroatoms. The first kappa shape index (κ1) is 19.3. The van der Waals surface area contributed by atoms with Crippen LogP contribution in [0.1, 0.15) is 36.6 Å². The van der Waals surface area contributed by atoms with Crippen molar-refractivity contribution in [1.82, 2.24) is 4.98 Å². The highest BCUT2D eigenvalue weighted by atomic mass is 35.5. The van der Waals surface area contributed by atoms with Crippen LogP contribution in [0.3, 0.4) is 0 Å².